The highest BCUT2D eigenvalue weighted by Gasteiger charge is 2.04. The molecule has 98 valence electrons. The van der Waals surface area contributed by atoms with Crippen LogP contribution in [0.4, 0.5) is 0 Å². The molecule has 0 aliphatic heterocycles. The molecule has 0 N–H and O–H groups in total. The summed E-state index contributed by atoms with van der Waals surface area (Å²) in [7, 11) is 1.58. The van der Waals surface area contributed by atoms with Crippen LogP contribution in [0.25, 0.3) is 6.08 Å². The molecular formula is C16H23NO. The minimum absolute atomic E-state index is 0.913. The lowest BCUT2D eigenvalue weighted by Gasteiger charge is -2.06. The Balaban J connectivity index is 2.96. The van der Waals surface area contributed by atoms with Crippen LogP contribution in [0.15, 0.2) is 29.4 Å². The summed E-state index contributed by atoms with van der Waals surface area (Å²) in [6.45, 7) is 6.27. The summed E-state index contributed by atoms with van der Waals surface area (Å²) in [5.74, 6) is 0. The van der Waals surface area contributed by atoms with E-state index in [4.69, 9.17) is 4.84 Å². The molecule has 1 rings (SSSR count). The second-order valence-electron chi connectivity index (χ2n) is 4.49. The standard InChI is InChI=1S/C16H23NO/c1-5-6-7-8-9-15-11-10-13(2)12-16(15)14(3)17-18-4/h8-12H,5-7H2,1-4H3/b9-8+,17-14+. The summed E-state index contributed by atoms with van der Waals surface area (Å²) in [5, 5.41) is 4.02. The number of unbranched alkanes of at least 4 members (excludes halogenated alkanes) is 2. The first-order valence-corrected chi connectivity index (χ1v) is 6.54. The lowest BCUT2D eigenvalue weighted by molar-refractivity contribution is 0.213. The Hall–Kier alpha value is -1.57. The summed E-state index contributed by atoms with van der Waals surface area (Å²) in [6, 6.07) is 6.42. The second kappa shape index (κ2) is 7.70. The van der Waals surface area contributed by atoms with Gasteiger partial charge in [0.25, 0.3) is 0 Å². The first-order valence-electron chi connectivity index (χ1n) is 6.54. The highest BCUT2D eigenvalue weighted by Crippen LogP contribution is 2.15. The summed E-state index contributed by atoms with van der Waals surface area (Å²) in [4.78, 5) is 4.86. The van der Waals surface area contributed by atoms with Gasteiger partial charge in [0.1, 0.15) is 7.11 Å². The zero-order valence-electron chi connectivity index (χ0n) is 11.9. The van der Waals surface area contributed by atoms with Crippen LogP contribution in [0.1, 0.15) is 49.8 Å². The third-order valence-electron chi connectivity index (χ3n) is 2.85. The van der Waals surface area contributed by atoms with Gasteiger partial charge >= 0.3 is 0 Å². The van der Waals surface area contributed by atoms with Crippen molar-refractivity contribution in [2.45, 2.75) is 40.0 Å². The van der Waals surface area contributed by atoms with Crippen LogP contribution >= 0.6 is 0 Å². The van der Waals surface area contributed by atoms with E-state index in [1.54, 1.807) is 7.11 Å². The lowest BCUT2D eigenvalue weighted by Crippen LogP contribution is -1.99. The molecule has 0 aliphatic carbocycles. The van der Waals surface area contributed by atoms with Crippen molar-refractivity contribution in [3.63, 3.8) is 0 Å². The molecule has 0 heterocycles. The number of nitrogens with zero attached hydrogens (tertiary/aromatic N) is 1. The van der Waals surface area contributed by atoms with Crippen molar-refractivity contribution < 1.29 is 4.84 Å². The number of allylic oxidation sites excluding steroid dienone is 1. The fourth-order valence-electron chi connectivity index (χ4n) is 1.85. The number of aryl methyl sites for hydroxylation is 1. The van der Waals surface area contributed by atoms with Gasteiger partial charge in [0.05, 0.1) is 5.71 Å². The predicted octanol–water partition coefficient (Wildman–Crippen LogP) is 4.57. The normalized spacial score (nSPS) is 12.1. The van der Waals surface area contributed by atoms with Crippen molar-refractivity contribution in [2.75, 3.05) is 7.11 Å². The summed E-state index contributed by atoms with van der Waals surface area (Å²) in [5.41, 5.74) is 4.50. The van der Waals surface area contributed by atoms with E-state index in [0.29, 0.717) is 0 Å². The third-order valence-corrected chi connectivity index (χ3v) is 2.85. The monoisotopic (exact) mass is 245 g/mol. The van der Waals surface area contributed by atoms with Crippen molar-refractivity contribution in [2.24, 2.45) is 5.16 Å². The molecule has 0 spiro atoms. The van der Waals surface area contributed by atoms with Crippen LogP contribution in [-0.2, 0) is 4.84 Å². The molecule has 0 radical (unpaired) electrons. The van der Waals surface area contributed by atoms with Gasteiger partial charge in [-0.15, -0.1) is 0 Å². The van der Waals surface area contributed by atoms with Crippen LogP contribution in [0.2, 0.25) is 0 Å². The zero-order chi connectivity index (χ0) is 13.4. The van der Waals surface area contributed by atoms with Crippen LogP contribution in [0.5, 0.6) is 0 Å². The highest BCUT2D eigenvalue weighted by atomic mass is 16.6. The van der Waals surface area contributed by atoms with Crippen LogP contribution < -0.4 is 0 Å². The van der Waals surface area contributed by atoms with E-state index in [2.05, 4.69) is 49.4 Å². The summed E-state index contributed by atoms with van der Waals surface area (Å²) in [6.07, 6.45) is 8.01. The van der Waals surface area contributed by atoms with Crippen LogP contribution in [0.3, 0.4) is 0 Å². The molecule has 1 aromatic carbocycles. The molecule has 0 bridgehead atoms. The number of oxime groups is 1. The topological polar surface area (TPSA) is 21.6 Å². The number of hydrogen-bond donors (Lipinski definition) is 0. The van der Waals surface area contributed by atoms with E-state index in [1.165, 1.54) is 24.0 Å². The quantitative estimate of drug-likeness (QED) is 0.409. The molecule has 18 heavy (non-hydrogen) atoms. The molecule has 0 saturated carbocycles. The molecule has 0 amide bonds. The lowest BCUT2D eigenvalue weighted by atomic mass is 10.0. The van der Waals surface area contributed by atoms with Gasteiger partial charge in [-0.3, -0.25) is 0 Å². The maximum atomic E-state index is 4.86. The number of benzene rings is 1. The van der Waals surface area contributed by atoms with Crippen molar-refractivity contribution in [3.8, 4) is 0 Å². The maximum absolute atomic E-state index is 4.86. The van der Waals surface area contributed by atoms with E-state index in [1.807, 2.05) is 6.92 Å². The number of hydrogen-bond acceptors (Lipinski definition) is 2. The zero-order valence-corrected chi connectivity index (χ0v) is 11.9. The Morgan fingerprint density at radius 2 is 2.17 bits per heavy atom. The second-order valence-corrected chi connectivity index (χ2v) is 4.49. The van der Waals surface area contributed by atoms with Crippen molar-refractivity contribution in [3.05, 3.63) is 41.0 Å². The Morgan fingerprint density at radius 3 is 2.83 bits per heavy atom. The summed E-state index contributed by atoms with van der Waals surface area (Å²) < 4.78 is 0. The molecule has 0 aliphatic rings. The molecule has 0 fully saturated rings. The van der Waals surface area contributed by atoms with Gasteiger partial charge in [0.2, 0.25) is 0 Å². The Morgan fingerprint density at radius 1 is 1.39 bits per heavy atom. The first-order chi connectivity index (χ1) is 8.69. The third kappa shape index (κ3) is 4.36. The van der Waals surface area contributed by atoms with Gasteiger partial charge in [0, 0.05) is 5.56 Å². The minimum Gasteiger partial charge on any atom is -0.399 e. The van der Waals surface area contributed by atoms with Gasteiger partial charge in [-0.1, -0.05) is 54.8 Å². The summed E-state index contributed by atoms with van der Waals surface area (Å²) >= 11 is 0. The molecule has 0 aromatic heterocycles. The van der Waals surface area contributed by atoms with E-state index in [9.17, 15) is 0 Å². The average Bonchev–Trinajstić information content (AvgIpc) is 2.36. The molecule has 0 atom stereocenters. The fraction of sp³-hybridized carbons (Fsp3) is 0.438. The molecule has 0 saturated heterocycles. The van der Waals surface area contributed by atoms with Crippen molar-refractivity contribution in [1.82, 2.24) is 0 Å². The van der Waals surface area contributed by atoms with Crippen molar-refractivity contribution >= 4 is 11.8 Å². The van der Waals surface area contributed by atoms with Crippen LogP contribution in [0, 0.1) is 6.92 Å². The molecule has 0 unspecified atom stereocenters. The van der Waals surface area contributed by atoms with E-state index in [-0.39, 0.29) is 0 Å². The van der Waals surface area contributed by atoms with Gasteiger partial charge < -0.3 is 4.84 Å². The van der Waals surface area contributed by atoms with E-state index < -0.39 is 0 Å². The largest absolute Gasteiger partial charge is 0.399 e. The molecular weight excluding hydrogens is 222 g/mol. The Kier molecular flexibility index (Phi) is 6.20. The number of rotatable bonds is 6. The smallest absolute Gasteiger partial charge is 0.106 e. The predicted molar refractivity (Wildman–Crippen MR) is 79.0 cm³/mol. The Labute approximate surface area is 110 Å². The molecule has 2 heteroatoms. The average molecular weight is 245 g/mol. The van der Waals surface area contributed by atoms with Crippen molar-refractivity contribution in [1.29, 1.82) is 0 Å². The van der Waals surface area contributed by atoms with Gasteiger partial charge in [0.15, 0.2) is 0 Å². The highest BCUT2D eigenvalue weighted by molar-refractivity contribution is 6.01. The Bertz CT molecular complexity index is 433. The van der Waals surface area contributed by atoms with Crippen LogP contribution in [-0.4, -0.2) is 12.8 Å². The SMILES string of the molecule is CCCC/C=C/c1ccc(C)cc1/C(C)=N/OC. The van der Waals surface area contributed by atoms with Gasteiger partial charge in [-0.2, -0.15) is 0 Å². The van der Waals surface area contributed by atoms with Gasteiger partial charge in [-0.05, 0) is 31.9 Å². The minimum atomic E-state index is 0.913. The van der Waals surface area contributed by atoms with E-state index in [0.717, 1.165) is 17.7 Å². The maximum Gasteiger partial charge on any atom is 0.106 e. The molecule has 2 nitrogen and oxygen atoms in total. The van der Waals surface area contributed by atoms with Gasteiger partial charge in [-0.25, -0.2) is 0 Å². The fourth-order valence-corrected chi connectivity index (χ4v) is 1.85. The van der Waals surface area contributed by atoms with E-state index >= 15 is 0 Å². The first kappa shape index (κ1) is 14.5. The molecule has 1 aromatic rings.